The molecular weight excluding hydrogens is 232 g/mol. The van der Waals surface area contributed by atoms with Crippen molar-refractivity contribution in [1.29, 1.82) is 0 Å². The summed E-state index contributed by atoms with van der Waals surface area (Å²) < 4.78 is 0. The van der Waals surface area contributed by atoms with Gasteiger partial charge in [0.25, 0.3) is 0 Å². The zero-order chi connectivity index (χ0) is 12.1. The lowest BCUT2D eigenvalue weighted by atomic mass is 9.92. The Morgan fingerprint density at radius 2 is 1.94 bits per heavy atom. The molecule has 1 aromatic heterocycles. The number of aromatic nitrogens is 1. The largest absolute Gasteiger partial charge is 0.319 e. The summed E-state index contributed by atoms with van der Waals surface area (Å²) in [5.41, 5.74) is 2.46. The van der Waals surface area contributed by atoms with Crippen LogP contribution in [0, 0.1) is 0 Å². The van der Waals surface area contributed by atoms with Crippen molar-refractivity contribution in [3.05, 3.63) is 64.9 Å². The first kappa shape index (κ1) is 12.1. The number of benzene rings is 1. The second-order valence-corrected chi connectivity index (χ2v) is 4.38. The lowest BCUT2D eigenvalue weighted by Gasteiger charge is -2.17. The van der Waals surface area contributed by atoms with Gasteiger partial charge in [-0.3, -0.25) is 4.98 Å². The molecule has 0 amide bonds. The number of hydrogen-bond acceptors (Lipinski definition) is 2. The standard InChI is InChI=1S/C14H15ClN2/c1-16-10-14(12-3-2-8-17-9-12)11-4-6-13(15)7-5-11/h2-9,14,16H,10H2,1H3. The summed E-state index contributed by atoms with van der Waals surface area (Å²) in [6.07, 6.45) is 3.71. The number of nitrogens with one attached hydrogen (secondary N) is 1. The Kier molecular flexibility index (Phi) is 4.13. The molecule has 88 valence electrons. The van der Waals surface area contributed by atoms with Gasteiger partial charge < -0.3 is 5.32 Å². The van der Waals surface area contributed by atoms with Gasteiger partial charge in [0, 0.05) is 29.9 Å². The van der Waals surface area contributed by atoms with Crippen LogP contribution in [0.15, 0.2) is 48.8 Å². The lowest BCUT2D eigenvalue weighted by Crippen LogP contribution is -2.18. The van der Waals surface area contributed by atoms with Gasteiger partial charge in [-0.1, -0.05) is 29.8 Å². The van der Waals surface area contributed by atoms with Crippen molar-refractivity contribution in [1.82, 2.24) is 10.3 Å². The SMILES string of the molecule is CNCC(c1ccc(Cl)cc1)c1cccnc1. The molecule has 0 aliphatic rings. The van der Waals surface area contributed by atoms with Crippen molar-refractivity contribution in [3.8, 4) is 0 Å². The smallest absolute Gasteiger partial charge is 0.0406 e. The fraction of sp³-hybridized carbons (Fsp3) is 0.214. The minimum absolute atomic E-state index is 0.311. The Hall–Kier alpha value is -1.38. The van der Waals surface area contributed by atoms with E-state index in [1.165, 1.54) is 11.1 Å². The number of pyridine rings is 1. The summed E-state index contributed by atoms with van der Waals surface area (Å²) in [7, 11) is 1.96. The van der Waals surface area contributed by atoms with E-state index in [0.29, 0.717) is 5.92 Å². The third kappa shape index (κ3) is 3.05. The van der Waals surface area contributed by atoms with Crippen LogP contribution in [-0.2, 0) is 0 Å². The minimum Gasteiger partial charge on any atom is -0.319 e. The predicted molar refractivity (Wildman–Crippen MR) is 71.5 cm³/mol. The molecule has 17 heavy (non-hydrogen) atoms. The third-order valence-corrected chi connectivity index (χ3v) is 3.02. The first-order valence-corrected chi connectivity index (χ1v) is 5.99. The van der Waals surface area contributed by atoms with Crippen LogP contribution in [0.3, 0.4) is 0 Å². The number of rotatable bonds is 4. The van der Waals surface area contributed by atoms with E-state index in [0.717, 1.165) is 11.6 Å². The molecule has 0 fully saturated rings. The summed E-state index contributed by atoms with van der Waals surface area (Å²) in [5, 5.41) is 3.99. The molecule has 1 aromatic carbocycles. The van der Waals surface area contributed by atoms with Gasteiger partial charge in [-0.15, -0.1) is 0 Å². The second-order valence-electron chi connectivity index (χ2n) is 3.95. The zero-order valence-electron chi connectivity index (χ0n) is 9.73. The highest BCUT2D eigenvalue weighted by molar-refractivity contribution is 6.30. The van der Waals surface area contributed by atoms with Crippen molar-refractivity contribution in [2.45, 2.75) is 5.92 Å². The summed E-state index contributed by atoms with van der Waals surface area (Å²) in [5.74, 6) is 0.311. The molecular formula is C14H15ClN2. The van der Waals surface area contributed by atoms with Crippen molar-refractivity contribution >= 4 is 11.6 Å². The van der Waals surface area contributed by atoms with E-state index < -0.39 is 0 Å². The molecule has 0 bridgehead atoms. The van der Waals surface area contributed by atoms with E-state index in [2.05, 4.69) is 28.5 Å². The molecule has 2 aromatic rings. The van der Waals surface area contributed by atoms with Gasteiger partial charge in [0.05, 0.1) is 0 Å². The highest BCUT2D eigenvalue weighted by Crippen LogP contribution is 2.24. The Bertz CT molecular complexity index is 453. The quantitative estimate of drug-likeness (QED) is 0.897. The fourth-order valence-corrected chi connectivity index (χ4v) is 2.04. The minimum atomic E-state index is 0.311. The topological polar surface area (TPSA) is 24.9 Å². The normalized spacial score (nSPS) is 12.4. The average molecular weight is 247 g/mol. The van der Waals surface area contributed by atoms with Crippen LogP contribution < -0.4 is 5.32 Å². The molecule has 0 radical (unpaired) electrons. The Morgan fingerprint density at radius 3 is 2.53 bits per heavy atom. The predicted octanol–water partition coefficient (Wildman–Crippen LogP) is 3.09. The Labute approximate surface area is 107 Å². The molecule has 1 heterocycles. The summed E-state index contributed by atoms with van der Waals surface area (Å²) >= 11 is 5.91. The van der Waals surface area contributed by atoms with Crippen LogP contribution in [0.4, 0.5) is 0 Å². The molecule has 0 aliphatic carbocycles. The first-order chi connectivity index (χ1) is 8.31. The van der Waals surface area contributed by atoms with E-state index in [4.69, 9.17) is 11.6 Å². The van der Waals surface area contributed by atoms with E-state index in [9.17, 15) is 0 Å². The van der Waals surface area contributed by atoms with Gasteiger partial charge >= 0.3 is 0 Å². The van der Waals surface area contributed by atoms with Crippen LogP contribution in [-0.4, -0.2) is 18.6 Å². The van der Waals surface area contributed by atoms with Gasteiger partial charge in [-0.25, -0.2) is 0 Å². The van der Waals surface area contributed by atoms with Crippen molar-refractivity contribution in [3.63, 3.8) is 0 Å². The number of nitrogens with zero attached hydrogens (tertiary/aromatic N) is 1. The molecule has 1 N–H and O–H groups in total. The highest BCUT2D eigenvalue weighted by Gasteiger charge is 2.13. The van der Waals surface area contributed by atoms with Crippen molar-refractivity contribution < 1.29 is 0 Å². The molecule has 0 saturated heterocycles. The van der Waals surface area contributed by atoms with Gasteiger partial charge in [0.1, 0.15) is 0 Å². The van der Waals surface area contributed by atoms with Crippen LogP contribution >= 0.6 is 11.6 Å². The van der Waals surface area contributed by atoms with Crippen molar-refractivity contribution in [2.24, 2.45) is 0 Å². The Morgan fingerprint density at radius 1 is 1.18 bits per heavy atom. The molecule has 2 nitrogen and oxygen atoms in total. The lowest BCUT2D eigenvalue weighted by molar-refractivity contribution is 0.706. The van der Waals surface area contributed by atoms with Crippen LogP contribution in [0.5, 0.6) is 0 Å². The van der Waals surface area contributed by atoms with Gasteiger partial charge in [0.2, 0.25) is 0 Å². The molecule has 3 heteroatoms. The molecule has 0 spiro atoms. The zero-order valence-corrected chi connectivity index (χ0v) is 10.5. The summed E-state index contributed by atoms with van der Waals surface area (Å²) in [6, 6.07) is 12.1. The second kappa shape index (κ2) is 5.80. The monoisotopic (exact) mass is 246 g/mol. The van der Waals surface area contributed by atoms with E-state index in [-0.39, 0.29) is 0 Å². The fourth-order valence-electron chi connectivity index (χ4n) is 1.91. The van der Waals surface area contributed by atoms with E-state index in [1.54, 1.807) is 6.20 Å². The number of likely N-dealkylation sites (N-methyl/N-ethyl adjacent to an activating group) is 1. The van der Waals surface area contributed by atoms with Gasteiger partial charge in [-0.2, -0.15) is 0 Å². The number of hydrogen-bond donors (Lipinski definition) is 1. The maximum atomic E-state index is 5.91. The molecule has 0 saturated carbocycles. The van der Waals surface area contributed by atoms with Gasteiger partial charge in [-0.05, 0) is 36.4 Å². The summed E-state index contributed by atoms with van der Waals surface area (Å²) in [4.78, 5) is 4.18. The van der Waals surface area contributed by atoms with Gasteiger partial charge in [0.15, 0.2) is 0 Å². The third-order valence-electron chi connectivity index (χ3n) is 2.77. The number of halogens is 1. The summed E-state index contributed by atoms with van der Waals surface area (Å²) in [6.45, 7) is 0.882. The first-order valence-electron chi connectivity index (χ1n) is 5.61. The maximum Gasteiger partial charge on any atom is 0.0406 e. The Balaban J connectivity index is 2.32. The molecule has 1 unspecified atom stereocenters. The van der Waals surface area contributed by atoms with Crippen molar-refractivity contribution in [2.75, 3.05) is 13.6 Å². The van der Waals surface area contributed by atoms with Crippen LogP contribution in [0.2, 0.25) is 5.02 Å². The molecule has 1 atom stereocenters. The average Bonchev–Trinajstić information content (AvgIpc) is 2.38. The molecule has 0 aliphatic heterocycles. The van der Waals surface area contributed by atoms with Crippen LogP contribution in [0.25, 0.3) is 0 Å². The van der Waals surface area contributed by atoms with Crippen LogP contribution in [0.1, 0.15) is 17.0 Å². The van der Waals surface area contributed by atoms with E-state index >= 15 is 0 Å². The molecule has 2 rings (SSSR count). The van der Waals surface area contributed by atoms with E-state index in [1.807, 2.05) is 31.4 Å². The maximum absolute atomic E-state index is 5.91. The highest BCUT2D eigenvalue weighted by atomic mass is 35.5.